The maximum absolute atomic E-state index is 14.2. The van der Waals surface area contributed by atoms with Gasteiger partial charge in [-0.3, -0.25) is 14.6 Å². The largest absolute Gasteiger partial charge is 0.351 e. The van der Waals surface area contributed by atoms with Gasteiger partial charge >= 0.3 is 0 Å². The van der Waals surface area contributed by atoms with Crippen molar-refractivity contribution in [3.63, 3.8) is 0 Å². The van der Waals surface area contributed by atoms with Crippen LogP contribution >= 0.6 is 0 Å². The van der Waals surface area contributed by atoms with Crippen LogP contribution < -0.4 is 5.32 Å². The summed E-state index contributed by atoms with van der Waals surface area (Å²) >= 11 is 0. The van der Waals surface area contributed by atoms with Crippen LogP contribution in [0.5, 0.6) is 0 Å². The topological polar surface area (TPSA) is 35.6 Å². The predicted molar refractivity (Wildman–Crippen MR) is 69.2 cm³/mol. The molecule has 2 aliphatic heterocycles. The van der Waals surface area contributed by atoms with Crippen molar-refractivity contribution in [1.82, 2.24) is 15.1 Å². The first-order valence-corrected chi connectivity index (χ1v) is 6.92. The summed E-state index contributed by atoms with van der Waals surface area (Å²) in [5.74, 6) is -2.75. The fourth-order valence-corrected chi connectivity index (χ4v) is 2.99. The van der Waals surface area contributed by atoms with E-state index < -0.39 is 12.0 Å². The molecule has 1 unspecified atom stereocenters. The van der Waals surface area contributed by atoms with Gasteiger partial charge in [0.05, 0.1) is 18.6 Å². The second-order valence-corrected chi connectivity index (χ2v) is 5.98. The van der Waals surface area contributed by atoms with Gasteiger partial charge in [-0.15, -0.1) is 0 Å². The molecule has 0 spiro atoms. The standard InChI is InChI=1S/C13H23F2N3O/c1-9(2)17-5-4-12(13(14,15)8-17)18-6-11(7-18)16-10(3)19/h9,11-12H,4-8H2,1-3H3,(H,16,19). The van der Waals surface area contributed by atoms with Gasteiger partial charge < -0.3 is 5.32 Å². The van der Waals surface area contributed by atoms with Crippen molar-refractivity contribution in [3.05, 3.63) is 0 Å². The summed E-state index contributed by atoms with van der Waals surface area (Å²) in [4.78, 5) is 14.5. The molecule has 0 aromatic rings. The van der Waals surface area contributed by atoms with E-state index in [0.29, 0.717) is 19.5 Å². The molecular formula is C13H23F2N3O. The van der Waals surface area contributed by atoms with Crippen molar-refractivity contribution in [1.29, 1.82) is 0 Å². The van der Waals surface area contributed by atoms with E-state index in [1.807, 2.05) is 18.7 Å². The molecule has 110 valence electrons. The van der Waals surface area contributed by atoms with Gasteiger partial charge in [0, 0.05) is 32.6 Å². The summed E-state index contributed by atoms with van der Waals surface area (Å²) in [6, 6.07) is -0.473. The van der Waals surface area contributed by atoms with Crippen LogP contribution in [0.4, 0.5) is 8.78 Å². The van der Waals surface area contributed by atoms with E-state index >= 15 is 0 Å². The molecule has 0 radical (unpaired) electrons. The zero-order valence-corrected chi connectivity index (χ0v) is 11.8. The Balaban J connectivity index is 1.87. The van der Waals surface area contributed by atoms with Crippen LogP contribution in [-0.2, 0) is 4.79 Å². The average Bonchev–Trinajstić information content (AvgIpc) is 2.22. The molecule has 6 heteroatoms. The van der Waals surface area contributed by atoms with Gasteiger partial charge in [0.25, 0.3) is 5.92 Å². The number of likely N-dealkylation sites (tertiary alicyclic amines) is 2. The molecule has 2 rings (SSSR count). The second-order valence-electron chi connectivity index (χ2n) is 5.98. The Labute approximate surface area is 113 Å². The highest BCUT2D eigenvalue weighted by Gasteiger charge is 2.50. The smallest absolute Gasteiger partial charge is 0.275 e. The number of carbonyl (C=O) groups excluding carboxylic acids is 1. The van der Waals surface area contributed by atoms with Gasteiger partial charge in [0.1, 0.15) is 0 Å². The molecule has 0 aromatic carbocycles. The second kappa shape index (κ2) is 5.32. The van der Waals surface area contributed by atoms with E-state index in [1.54, 1.807) is 4.90 Å². The molecule has 2 saturated heterocycles. The van der Waals surface area contributed by atoms with Gasteiger partial charge in [-0.1, -0.05) is 0 Å². The Morgan fingerprint density at radius 2 is 2.00 bits per heavy atom. The minimum absolute atomic E-state index is 0.0384. The third-order valence-electron chi connectivity index (χ3n) is 4.08. The highest BCUT2D eigenvalue weighted by atomic mass is 19.3. The number of hydrogen-bond donors (Lipinski definition) is 1. The summed E-state index contributed by atoms with van der Waals surface area (Å²) in [5.41, 5.74) is 0. The molecular weight excluding hydrogens is 252 g/mol. The van der Waals surface area contributed by atoms with Crippen molar-refractivity contribution in [2.24, 2.45) is 0 Å². The molecule has 0 aliphatic carbocycles. The van der Waals surface area contributed by atoms with Crippen LogP contribution in [0.1, 0.15) is 27.2 Å². The summed E-state index contributed by atoms with van der Waals surface area (Å²) in [7, 11) is 0. The fraction of sp³-hybridized carbons (Fsp3) is 0.923. The van der Waals surface area contributed by atoms with Gasteiger partial charge in [0.2, 0.25) is 5.91 Å². The number of alkyl halides is 2. The number of piperidine rings is 1. The summed E-state index contributed by atoms with van der Waals surface area (Å²) in [5, 5.41) is 2.77. The number of nitrogens with zero attached hydrogens (tertiary/aromatic N) is 2. The van der Waals surface area contributed by atoms with Crippen molar-refractivity contribution >= 4 is 5.91 Å². The highest BCUT2D eigenvalue weighted by molar-refractivity contribution is 5.73. The van der Waals surface area contributed by atoms with Crippen molar-refractivity contribution in [2.45, 2.75) is 51.2 Å². The Morgan fingerprint density at radius 3 is 2.47 bits per heavy atom. The van der Waals surface area contributed by atoms with Crippen LogP contribution in [0.2, 0.25) is 0 Å². The average molecular weight is 275 g/mol. The lowest BCUT2D eigenvalue weighted by atomic mass is 9.93. The molecule has 2 heterocycles. The van der Waals surface area contributed by atoms with Crippen molar-refractivity contribution in [3.8, 4) is 0 Å². The Bertz CT molecular complexity index is 343. The zero-order chi connectivity index (χ0) is 14.2. The first-order chi connectivity index (χ1) is 8.79. The monoisotopic (exact) mass is 275 g/mol. The van der Waals surface area contributed by atoms with Crippen LogP contribution in [0.25, 0.3) is 0 Å². The van der Waals surface area contributed by atoms with E-state index in [-0.39, 0.29) is 24.5 Å². The minimum atomic E-state index is -2.66. The van der Waals surface area contributed by atoms with E-state index in [0.717, 1.165) is 6.54 Å². The molecule has 4 nitrogen and oxygen atoms in total. The summed E-state index contributed by atoms with van der Waals surface area (Å²) < 4.78 is 28.3. The molecule has 0 bridgehead atoms. The number of rotatable bonds is 3. The van der Waals surface area contributed by atoms with E-state index in [1.165, 1.54) is 6.92 Å². The van der Waals surface area contributed by atoms with Crippen molar-refractivity contribution < 1.29 is 13.6 Å². The molecule has 2 fully saturated rings. The summed E-state index contributed by atoms with van der Waals surface area (Å²) in [6.07, 6.45) is 0.498. The minimum Gasteiger partial charge on any atom is -0.351 e. The Morgan fingerprint density at radius 1 is 1.37 bits per heavy atom. The Hall–Kier alpha value is -0.750. The molecule has 1 amide bonds. The molecule has 0 saturated carbocycles. The fourth-order valence-electron chi connectivity index (χ4n) is 2.99. The normalized spacial score (nSPS) is 29.3. The van der Waals surface area contributed by atoms with Gasteiger partial charge in [-0.25, -0.2) is 8.78 Å². The zero-order valence-electron chi connectivity index (χ0n) is 11.8. The number of nitrogens with one attached hydrogen (secondary N) is 1. The lowest BCUT2D eigenvalue weighted by Gasteiger charge is -2.50. The third-order valence-corrected chi connectivity index (χ3v) is 4.08. The van der Waals surface area contributed by atoms with E-state index in [4.69, 9.17) is 0 Å². The Kier molecular flexibility index (Phi) is 4.11. The maximum Gasteiger partial charge on any atom is 0.275 e. The molecule has 1 N–H and O–H groups in total. The van der Waals surface area contributed by atoms with Crippen LogP contribution in [0, 0.1) is 0 Å². The van der Waals surface area contributed by atoms with Gasteiger partial charge in [-0.05, 0) is 20.3 Å². The number of amides is 1. The van der Waals surface area contributed by atoms with Crippen LogP contribution in [0.15, 0.2) is 0 Å². The molecule has 1 atom stereocenters. The predicted octanol–water partition coefficient (Wildman–Crippen LogP) is 0.925. The van der Waals surface area contributed by atoms with Gasteiger partial charge in [-0.2, -0.15) is 0 Å². The lowest BCUT2D eigenvalue weighted by Crippen LogP contribution is -2.68. The maximum atomic E-state index is 14.2. The number of halogens is 2. The number of carbonyl (C=O) groups is 1. The quantitative estimate of drug-likeness (QED) is 0.832. The van der Waals surface area contributed by atoms with Crippen molar-refractivity contribution in [2.75, 3.05) is 26.2 Å². The van der Waals surface area contributed by atoms with Crippen LogP contribution in [-0.4, -0.2) is 65.9 Å². The van der Waals surface area contributed by atoms with Gasteiger partial charge in [0.15, 0.2) is 0 Å². The first kappa shape index (κ1) is 14.7. The lowest BCUT2D eigenvalue weighted by molar-refractivity contribution is -0.150. The molecule has 0 aromatic heterocycles. The first-order valence-electron chi connectivity index (χ1n) is 6.92. The highest BCUT2D eigenvalue weighted by Crippen LogP contribution is 2.34. The third kappa shape index (κ3) is 3.23. The van der Waals surface area contributed by atoms with Crippen LogP contribution in [0.3, 0.4) is 0 Å². The summed E-state index contributed by atoms with van der Waals surface area (Å²) in [6.45, 7) is 7.01. The van der Waals surface area contributed by atoms with E-state index in [9.17, 15) is 13.6 Å². The molecule has 2 aliphatic rings. The molecule has 19 heavy (non-hydrogen) atoms. The SMILES string of the molecule is CC(=O)NC1CN(C2CCN(C(C)C)CC2(F)F)C1. The van der Waals surface area contributed by atoms with E-state index in [2.05, 4.69) is 5.32 Å². The number of hydrogen-bond acceptors (Lipinski definition) is 3.